The minimum Gasteiger partial charge on any atom is -0.293 e. The van der Waals surface area contributed by atoms with Gasteiger partial charge in [0.2, 0.25) is 11.9 Å². The smallest absolute Gasteiger partial charge is 0.269 e. The average Bonchev–Trinajstić information content (AvgIpc) is 2.47. The van der Waals surface area contributed by atoms with Crippen LogP contribution in [0.15, 0.2) is 36.5 Å². The van der Waals surface area contributed by atoms with Gasteiger partial charge in [0.05, 0.1) is 10.6 Å². The van der Waals surface area contributed by atoms with Crippen molar-refractivity contribution in [3.8, 4) is 11.3 Å². The molecule has 0 aliphatic rings. The molecule has 0 unspecified atom stereocenters. The summed E-state index contributed by atoms with van der Waals surface area (Å²) < 4.78 is 0. The SMILES string of the molecule is O=C(CCl)Nc1nccc(-c2ccc([N+](=O)[O-])cc2)n1. The molecule has 7 nitrogen and oxygen atoms in total. The molecule has 1 aromatic carbocycles. The molecule has 20 heavy (non-hydrogen) atoms. The van der Waals surface area contributed by atoms with Crippen molar-refractivity contribution in [2.24, 2.45) is 0 Å². The van der Waals surface area contributed by atoms with Crippen LogP contribution in [-0.4, -0.2) is 26.7 Å². The molecule has 0 spiro atoms. The van der Waals surface area contributed by atoms with E-state index >= 15 is 0 Å². The Morgan fingerprint density at radius 2 is 2.00 bits per heavy atom. The van der Waals surface area contributed by atoms with Crippen molar-refractivity contribution in [2.75, 3.05) is 11.2 Å². The third kappa shape index (κ3) is 3.27. The van der Waals surface area contributed by atoms with E-state index in [1.165, 1.54) is 18.3 Å². The van der Waals surface area contributed by atoms with Crippen LogP contribution in [0.4, 0.5) is 11.6 Å². The van der Waals surface area contributed by atoms with Crippen LogP contribution in [0.2, 0.25) is 0 Å². The number of aromatic nitrogens is 2. The molecule has 1 amide bonds. The molecule has 1 N–H and O–H groups in total. The predicted molar refractivity (Wildman–Crippen MR) is 73.5 cm³/mol. The van der Waals surface area contributed by atoms with E-state index in [4.69, 9.17) is 11.6 Å². The van der Waals surface area contributed by atoms with Gasteiger partial charge in [0, 0.05) is 23.9 Å². The number of non-ortho nitro benzene ring substituents is 1. The lowest BCUT2D eigenvalue weighted by molar-refractivity contribution is -0.384. The third-order valence-electron chi connectivity index (χ3n) is 2.40. The zero-order valence-corrected chi connectivity index (χ0v) is 10.9. The summed E-state index contributed by atoms with van der Waals surface area (Å²) in [6, 6.07) is 7.56. The quantitative estimate of drug-likeness (QED) is 0.529. The number of anilines is 1. The number of nitrogens with zero attached hydrogens (tertiary/aromatic N) is 3. The molecule has 8 heteroatoms. The Balaban J connectivity index is 2.26. The first-order valence-corrected chi connectivity index (χ1v) is 6.07. The van der Waals surface area contributed by atoms with Gasteiger partial charge in [-0.3, -0.25) is 20.2 Å². The van der Waals surface area contributed by atoms with Gasteiger partial charge in [-0.1, -0.05) is 0 Å². The highest BCUT2D eigenvalue weighted by molar-refractivity contribution is 6.28. The van der Waals surface area contributed by atoms with E-state index in [9.17, 15) is 14.9 Å². The van der Waals surface area contributed by atoms with Crippen LogP contribution in [0.3, 0.4) is 0 Å². The molecule has 102 valence electrons. The van der Waals surface area contributed by atoms with Crippen LogP contribution < -0.4 is 5.32 Å². The van der Waals surface area contributed by atoms with Crippen LogP contribution in [0, 0.1) is 10.1 Å². The number of nitro benzene ring substituents is 1. The highest BCUT2D eigenvalue weighted by Gasteiger charge is 2.08. The number of rotatable bonds is 4. The van der Waals surface area contributed by atoms with Crippen molar-refractivity contribution in [3.05, 3.63) is 46.6 Å². The van der Waals surface area contributed by atoms with Crippen LogP contribution in [-0.2, 0) is 4.79 Å². The Labute approximate surface area is 118 Å². The second-order valence-corrected chi connectivity index (χ2v) is 4.02. The second-order valence-electron chi connectivity index (χ2n) is 3.75. The molecule has 1 aromatic heterocycles. The first kappa shape index (κ1) is 13.9. The molecular formula is C12H9ClN4O3. The zero-order valence-electron chi connectivity index (χ0n) is 10.1. The molecule has 2 aromatic rings. The topological polar surface area (TPSA) is 98.0 Å². The minimum atomic E-state index is -0.476. The molecule has 0 aliphatic heterocycles. The minimum absolute atomic E-state index is 0.00141. The van der Waals surface area contributed by atoms with Crippen LogP contribution in [0.5, 0.6) is 0 Å². The fraction of sp³-hybridized carbons (Fsp3) is 0.0833. The highest BCUT2D eigenvalue weighted by atomic mass is 35.5. The van der Waals surface area contributed by atoms with E-state index in [2.05, 4.69) is 15.3 Å². The maximum Gasteiger partial charge on any atom is 0.269 e. The fourth-order valence-corrected chi connectivity index (χ4v) is 1.56. The number of carbonyl (C=O) groups excluding carboxylic acids is 1. The number of hydrogen-bond donors (Lipinski definition) is 1. The van der Waals surface area contributed by atoms with Gasteiger partial charge in [-0.2, -0.15) is 0 Å². The summed E-state index contributed by atoms with van der Waals surface area (Å²) in [6.45, 7) is 0. The molecule has 0 bridgehead atoms. The van der Waals surface area contributed by atoms with E-state index in [1.807, 2.05) is 0 Å². The number of benzene rings is 1. The largest absolute Gasteiger partial charge is 0.293 e. The van der Waals surface area contributed by atoms with Gasteiger partial charge >= 0.3 is 0 Å². The summed E-state index contributed by atoms with van der Waals surface area (Å²) in [5.74, 6) is -0.468. The summed E-state index contributed by atoms with van der Waals surface area (Å²) in [5, 5.41) is 13.0. The van der Waals surface area contributed by atoms with Gasteiger partial charge in [0.25, 0.3) is 5.69 Å². The summed E-state index contributed by atoms with van der Waals surface area (Å²) in [6.07, 6.45) is 1.48. The Kier molecular flexibility index (Phi) is 4.21. The van der Waals surface area contributed by atoms with Crippen molar-refractivity contribution in [1.82, 2.24) is 9.97 Å². The Morgan fingerprint density at radius 3 is 2.60 bits per heavy atom. The van der Waals surface area contributed by atoms with Gasteiger partial charge in [-0.15, -0.1) is 11.6 Å². The molecule has 2 rings (SSSR count). The van der Waals surface area contributed by atoms with Gasteiger partial charge in [-0.05, 0) is 18.2 Å². The number of carbonyl (C=O) groups is 1. The number of nitrogens with one attached hydrogen (secondary N) is 1. The fourth-order valence-electron chi connectivity index (χ4n) is 1.49. The summed E-state index contributed by atoms with van der Waals surface area (Å²) in [4.78, 5) is 29.3. The van der Waals surface area contributed by atoms with Crippen molar-refractivity contribution < 1.29 is 9.72 Å². The molecular weight excluding hydrogens is 284 g/mol. The first-order valence-electron chi connectivity index (χ1n) is 5.54. The summed E-state index contributed by atoms with van der Waals surface area (Å²) >= 11 is 5.37. The normalized spacial score (nSPS) is 10.1. The standard InChI is InChI=1S/C12H9ClN4O3/c13-7-11(18)16-12-14-6-5-10(15-12)8-1-3-9(4-2-8)17(19)20/h1-6H,7H2,(H,14,15,16,18). The molecule has 0 radical (unpaired) electrons. The van der Waals surface area contributed by atoms with Gasteiger partial charge < -0.3 is 0 Å². The van der Waals surface area contributed by atoms with Crippen molar-refractivity contribution >= 4 is 29.1 Å². The Bertz CT molecular complexity index is 645. The number of hydrogen-bond acceptors (Lipinski definition) is 5. The maximum atomic E-state index is 11.2. The number of amides is 1. The van der Waals surface area contributed by atoms with Crippen LogP contribution >= 0.6 is 11.6 Å². The molecule has 0 atom stereocenters. The maximum absolute atomic E-state index is 11.2. The van der Waals surface area contributed by atoms with Crippen molar-refractivity contribution in [2.45, 2.75) is 0 Å². The predicted octanol–water partition coefficient (Wildman–Crippen LogP) is 2.23. The van der Waals surface area contributed by atoms with Crippen molar-refractivity contribution in [1.29, 1.82) is 0 Å². The lowest BCUT2D eigenvalue weighted by Crippen LogP contribution is -2.14. The van der Waals surface area contributed by atoms with E-state index in [-0.39, 0.29) is 17.5 Å². The summed E-state index contributed by atoms with van der Waals surface area (Å²) in [7, 11) is 0. The lowest BCUT2D eigenvalue weighted by Gasteiger charge is -2.04. The molecule has 1 heterocycles. The molecule has 0 saturated carbocycles. The third-order valence-corrected chi connectivity index (χ3v) is 2.64. The molecule has 0 aliphatic carbocycles. The zero-order chi connectivity index (χ0) is 14.5. The molecule has 0 fully saturated rings. The van der Waals surface area contributed by atoms with E-state index in [1.54, 1.807) is 18.2 Å². The van der Waals surface area contributed by atoms with Gasteiger partial charge in [0.15, 0.2) is 0 Å². The van der Waals surface area contributed by atoms with E-state index < -0.39 is 10.8 Å². The first-order chi connectivity index (χ1) is 9.60. The number of halogens is 1. The van der Waals surface area contributed by atoms with E-state index in [0.29, 0.717) is 11.3 Å². The lowest BCUT2D eigenvalue weighted by atomic mass is 10.1. The van der Waals surface area contributed by atoms with Gasteiger partial charge in [-0.25, -0.2) is 9.97 Å². The highest BCUT2D eigenvalue weighted by Crippen LogP contribution is 2.21. The van der Waals surface area contributed by atoms with E-state index in [0.717, 1.165) is 0 Å². The summed E-state index contributed by atoms with van der Waals surface area (Å²) in [5.41, 5.74) is 1.22. The monoisotopic (exact) mass is 292 g/mol. The van der Waals surface area contributed by atoms with Crippen LogP contribution in [0.1, 0.15) is 0 Å². The Morgan fingerprint density at radius 1 is 1.30 bits per heavy atom. The Hall–Kier alpha value is -2.54. The number of alkyl halides is 1. The number of nitro groups is 1. The van der Waals surface area contributed by atoms with Gasteiger partial charge in [0.1, 0.15) is 5.88 Å². The van der Waals surface area contributed by atoms with Crippen LogP contribution in [0.25, 0.3) is 11.3 Å². The molecule has 0 saturated heterocycles. The average molecular weight is 293 g/mol. The van der Waals surface area contributed by atoms with Crippen molar-refractivity contribution in [3.63, 3.8) is 0 Å². The second kappa shape index (κ2) is 6.07.